The third-order valence-corrected chi connectivity index (χ3v) is 16.8. The van der Waals surface area contributed by atoms with E-state index in [-0.39, 0.29) is 25.7 Å². The quantitative estimate of drug-likeness (QED) is 0.0169. The van der Waals surface area contributed by atoms with E-state index in [1.54, 1.807) is 0 Å². The van der Waals surface area contributed by atoms with Gasteiger partial charge < -0.3 is 33.8 Å². The highest BCUT2D eigenvalue weighted by atomic mass is 31.2. The van der Waals surface area contributed by atoms with Crippen molar-refractivity contribution in [3.63, 3.8) is 0 Å². The van der Waals surface area contributed by atoms with Gasteiger partial charge in [0.2, 0.25) is 0 Å². The number of aliphatic hydroxyl groups excluding tert-OH is 1. The Morgan fingerprint density at radius 2 is 0.562 bits per heavy atom. The number of rotatable bonds is 68. The number of esters is 4. The molecule has 0 fully saturated rings. The fourth-order valence-electron chi connectivity index (χ4n) is 9.36. The molecule has 0 aromatic heterocycles. The number of hydrogen-bond acceptors (Lipinski definition) is 15. The van der Waals surface area contributed by atoms with Crippen LogP contribution in [0.2, 0.25) is 0 Å². The van der Waals surface area contributed by atoms with Crippen molar-refractivity contribution in [2.45, 2.75) is 303 Å². The Bertz CT molecular complexity index is 2300. The molecule has 0 aromatic carbocycles. The van der Waals surface area contributed by atoms with Crippen LogP contribution in [0.15, 0.2) is 122 Å². The first-order valence-corrected chi connectivity index (χ1v) is 39.8. The minimum atomic E-state index is -4.99. The zero-order chi connectivity index (χ0) is 70.4. The number of aliphatic hydroxyl groups is 1. The number of hydrogen-bond donors (Lipinski definition) is 3. The Morgan fingerprint density at radius 3 is 0.896 bits per heavy atom. The Balaban J connectivity index is 5.38. The zero-order valence-electron chi connectivity index (χ0n) is 59.8. The summed E-state index contributed by atoms with van der Waals surface area (Å²) < 4.78 is 68.3. The predicted octanol–water partition coefficient (Wildman–Crippen LogP) is 20.8. The van der Waals surface area contributed by atoms with Crippen molar-refractivity contribution in [2.24, 2.45) is 0 Å². The van der Waals surface area contributed by atoms with Gasteiger partial charge in [0.05, 0.1) is 26.4 Å². The number of phosphoric acid groups is 2. The number of unbranched alkanes of at least 4 members (excludes halogenated alkanes) is 22. The molecule has 0 aliphatic carbocycles. The SMILES string of the molecule is CC/C=C\C/C=C\C/C=C\C/C=C\CCCCCCC(=O)OCC(COP(=O)(O)OCC(O)COP(=O)(O)OCC(COC(=O)CCCC/C=C\C/C=C\C/C=C\C/C=C\CC)OC(=O)CCCCCCC/C=C\C/C=C\CCC)OC(=O)CCCCCCCCCCCCC. The van der Waals surface area contributed by atoms with Gasteiger partial charge in [-0.25, -0.2) is 9.13 Å². The largest absolute Gasteiger partial charge is 0.472 e. The number of phosphoric ester groups is 2. The number of carbonyl (C=O) groups excluding carboxylic acids is 4. The van der Waals surface area contributed by atoms with E-state index in [1.807, 2.05) is 0 Å². The van der Waals surface area contributed by atoms with E-state index in [0.717, 1.165) is 167 Å². The molecule has 0 aliphatic rings. The molecule has 19 heteroatoms. The first kappa shape index (κ1) is 91.5. The highest BCUT2D eigenvalue weighted by Crippen LogP contribution is 2.45. The third kappa shape index (κ3) is 68.0. The molecule has 0 heterocycles. The molecule has 0 bridgehead atoms. The molecule has 3 N–H and O–H groups in total. The van der Waals surface area contributed by atoms with Crippen molar-refractivity contribution in [1.82, 2.24) is 0 Å². The average Bonchev–Trinajstić information content (AvgIpc) is 1.13. The number of ether oxygens (including phenoxy) is 4. The Hall–Kier alpha value is -4.54. The van der Waals surface area contributed by atoms with Gasteiger partial charge in [0, 0.05) is 25.7 Å². The zero-order valence-corrected chi connectivity index (χ0v) is 61.5. The van der Waals surface area contributed by atoms with Gasteiger partial charge >= 0.3 is 39.5 Å². The summed E-state index contributed by atoms with van der Waals surface area (Å²) in [4.78, 5) is 72.7. The highest BCUT2D eigenvalue weighted by Gasteiger charge is 2.30. The number of carbonyl (C=O) groups is 4. The van der Waals surface area contributed by atoms with Crippen molar-refractivity contribution < 1.29 is 80.2 Å². The van der Waals surface area contributed by atoms with Gasteiger partial charge in [-0.3, -0.25) is 37.3 Å². The summed E-state index contributed by atoms with van der Waals surface area (Å²) in [6.45, 7) is 4.47. The van der Waals surface area contributed by atoms with Crippen LogP contribution in [0.5, 0.6) is 0 Å². The van der Waals surface area contributed by atoms with E-state index < -0.39 is 97.5 Å². The maximum absolute atomic E-state index is 13.0. The molecule has 0 aliphatic heterocycles. The lowest BCUT2D eigenvalue weighted by molar-refractivity contribution is -0.161. The summed E-state index contributed by atoms with van der Waals surface area (Å²) in [7, 11) is -9.96. The van der Waals surface area contributed by atoms with Crippen LogP contribution in [0.25, 0.3) is 0 Å². The lowest BCUT2D eigenvalue weighted by Crippen LogP contribution is -2.30. The highest BCUT2D eigenvalue weighted by molar-refractivity contribution is 7.47. The van der Waals surface area contributed by atoms with Gasteiger partial charge in [0.15, 0.2) is 12.2 Å². The molecule has 0 spiro atoms. The number of allylic oxidation sites excluding steroid dienone is 20. The van der Waals surface area contributed by atoms with Crippen LogP contribution in [-0.4, -0.2) is 96.7 Å². The third-order valence-electron chi connectivity index (χ3n) is 14.9. The Kier molecular flexibility index (Phi) is 65.7. The van der Waals surface area contributed by atoms with Gasteiger partial charge in [0.25, 0.3) is 0 Å². The van der Waals surface area contributed by atoms with Gasteiger partial charge in [-0.05, 0) is 128 Å². The van der Waals surface area contributed by atoms with E-state index in [4.69, 9.17) is 37.0 Å². The first-order chi connectivity index (χ1) is 46.7. The fraction of sp³-hybridized carbons (Fsp3) is 0.688. The van der Waals surface area contributed by atoms with E-state index in [1.165, 1.54) is 38.5 Å². The summed E-state index contributed by atoms with van der Waals surface area (Å²) in [5.74, 6) is -2.26. The van der Waals surface area contributed by atoms with Crippen molar-refractivity contribution in [3.8, 4) is 0 Å². The van der Waals surface area contributed by atoms with Crippen LogP contribution in [0.1, 0.15) is 285 Å². The Labute approximate surface area is 581 Å². The summed E-state index contributed by atoms with van der Waals surface area (Å²) in [5.41, 5.74) is 0. The van der Waals surface area contributed by atoms with E-state index in [9.17, 15) is 43.2 Å². The lowest BCUT2D eigenvalue weighted by atomic mass is 10.1. The van der Waals surface area contributed by atoms with Crippen molar-refractivity contribution in [3.05, 3.63) is 122 Å². The molecule has 96 heavy (non-hydrogen) atoms. The average molecular weight is 1390 g/mol. The molecule has 0 radical (unpaired) electrons. The molecular weight excluding hydrogens is 1260 g/mol. The minimum absolute atomic E-state index is 0.0671. The molecule has 5 atom stereocenters. The van der Waals surface area contributed by atoms with E-state index in [2.05, 4.69) is 149 Å². The van der Waals surface area contributed by atoms with Crippen molar-refractivity contribution in [1.29, 1.82) is 0 Å². The van der Waals surface area contributed by atoms with Crippen LogP contribution in [0.4, 0.5) is 0 Å². The molecule has 17 nitrogen and oxygen atoms in total. The van der Waals surface area contributed by atoms with E-state index in [0.29, 0.717) is 25.7 Å². The summed E-state index contributed by atoms with van der Waals surface area (Å²) in [5, 5.41) is 10.6. The second-order valence-electron chi connectivity index (χ2n) is 24.1. The molecule has 5 unspecified atom stereocenters. The predicted molar refractivity (Wildman–Crippen MR) is 390 cm³/mol. The van der Waals surface area contributed by atoms with Gasteiger partial charge in [-0.2, -0.15) is 0 Å². The van der Waals surface area contributed by atoms with Gasteiger partial charge in [-0.1, -0.05) is 252 Å². The molecule has 0 saturated carbocycles. The standard InChI is InChI=1S/C77H130O17P2/c1-5-9-13-17-21-25-29-32-34-35-37-40-43-46-50-54-58-62-75(80)87-67-72(93-76(81)63-59-55-51-47-41-28-24-20-16-12-8-4)69-91-95(83,84)89-65-71(78)66-90-96(85,86)92-70-73(94-77(82)64-60-56-52-48-44-38-31-27-23-19-15-11-7-3)68-88-74(79)61-57-53-49-45-42-39-36-33-30-26-22-18-14-10-6-2/h9-10,13-15,19,21-22,25-27,31-34,36-37,40,42,45,71-73,78H,5-8,11-12,16-18,20,23-24,28-30,35,38-39,41,43-44,46-70H2,1-4H3,(H,83,84)(H,85,86)/b13-9-,14-10-,19-15-,25-21-,26-22-,31-27-,34-32-,36-33-,40-37-,45-42-. The molecule has 550 valence electrons. The minimum Gasteiger partial charge on any atom is -0.462 e. The summed E-state index contributed by atoms with van der Waals surface area (Å²) >= 11 is 0. The van der Waals surface area contributed by atoms with Gasteiger partial charge in [-0.15, -0.1) is 0 Å². The molecule has 0 saturated heterocycles. The van der Waals surface area contributed by atoms with Crippen molar-refractivity contribution >= 4 is 39.5 Å². The normalized spacial score (nSPS) is 14.7. The van der Waals surface area contributed by atoms with E-state index >= 15 is 0 Å². The summed E-state index contributed by atoms with van der Waals surface area (Å²) in [6.07, 6.45) is 73.5. The monoisotopic (exact) mass is 1390 g/mol. The fourth-order valence-corrected chi connectivity index (χ4v) is 10.9. The van der Waals surface area contributed by atoms with Crippen LogP contribution in [0, 0.1) is 0 Å². The lowest BCUT2D eigenvalue weighted by Gasteiger charge is -2.21. The second kappa shape index (κ2) is 69.0. The molecular formula is C77H130O17P2. The molecule has 0 amide bonds. The van der Waals surface area contributed by atoms with Crippen LogP contribution in [0.3, 0.4) is 0 Å². The van der Waals surface area contributed by atoms with Crippen LogP contribution >= 0.6 is 15.6 Å². The molecule has 0 rings (SSSR count). The first-order valence-electron chi connectivity index (χ1n) is 36.8. The van der Waals surface area contributed by atoms with Crippen molar-refractivity contribution in [2.75, 3.05) is 39.6 Å². The van der Waals surface area contributed by atoms with Gasteiger partial charge in [0.1, 0.15) is 19.3 Å². The maximum atomic E-state index is 13.0. The smallest absolute Gasteiger partial charge is 0.462 e. The topological polar surface area (TPSA) is 237 Å². The van der Waals surface area contributed by atoms with Crippen LogP contribution in [-0.2, 0) is 65.4 Å². The summed E-state index contributed by atoms with van der Waals surface area (Å²) in [6, 6.07) is 0. The van der Waals surface area contributed by atoms with Crippen LogP contribution < -0.4 is 0 Å². The second-order valence-corrected chi connectivity index (χ2v) is 27.0. The Morgan fingerprint density at radius 1 is 0.302 bits per heavy atom. The molecule has 0 aromatic rings. The maximum Gasteiger partial charge on any atom is 0.472 e.